The average Bonchev–Trinajstić information content (AvgIpc) is 2.74. The molecule has 2 rings (SSSR count). The second kappa shape index (κ2) is 5.19. The number of hydrogen-bond acceptors (Lipinski definition) is 3. The molecule has 0 aromatic rings. The first-order valence-electron chi connectivity index (χ1n) is 6.53. The minimum absolute atomic E-state index is 0.682. The molecular weight excluding hydrogens is 202 g/mol. The van der Waals surface area contributed by atoms with Gasteiger partial charge in [0, 0.05) is 13.0 Å². The van der Waals surface area contributed by atoms with Gasteiger partial charge in [-0.05, 0) is 44.8 Å². The van der Waals surface area contributed by atoms with Gasteiger partial charge >= 0.3 is 0 Å². The largest absolute Gasteiger partial charge is 0.495 e. The Balaban J connectivity index is 1.96. The van der Waals surface area contributed by atoms with E-state index in [9.17, 15) is 5.11 Å². The van der Waals surface area contributed by atoms with E-state index in [1.54, 1.807) is 0 Å². The fraction of sp³-hybridized carbons (Fsp3) is 0.846. The average molecular weight is 225 g/mol. The van der Waals surface area contributed by atoms with Crippen molar-refractivity contribution in [3.8, 4) is 0 Å². The molecule has 0 radical (unpaired) electrons. The highest BCUT2D eigenvalue weighted by Crippen LogP contribution is 2.32. The molecule has 16 heavy (non-hydrogen) atoms. The maximum atomic E-state index is 10.6. The molecule has 0 bridgehead atoms. The Morgan fingerprint density at radius 3 is 3.00 bits per heavy atom. The normalized spacial score (nSPS) is 32.0. The van der Waals surface area contributed by atoms with Crippen LogP contribution >= 0.6 is 0 Å². The molecule has 1 atom stereocenters. The molecule has 3 nitrogen and oxygen atoms in total. The molecule has 0 aromatic heterocycles. The van der Waals surface area contributed by atoms with Gasteiger partial charge in [-0.25, -0.2) is 0 Å². The van der Waals surface area contributed by atoms with Gasteiger partial charge in [0.25, 0.3) is 0 Å². The van der Waals surface area contributed by atoms with E-state index in [1.165, 1.54) is 6.42 Å². The van der Waals surface area contributed by atoms with Gasteiger partial charge in [0.1, 0.15) is 11.4 Å². The third kappa shape index (κ3) is 2.58. The van der Waals surface area contributed by atoms with E-state index in [0.717, 1.165) is 57.7 Å². The number of hydrogen-bond donors (Lipinski definition) is 1. The Labute approximate surface area is 98.1 Å². The highest BCUT2D eigenvalue weighted by Gasteiger charge is 2.36. The summed E-state index contributed by atoms with van der Waals surface area (Å²) in [6.45, 7) is 6.21. The number of nitrogens with zero attached hydrogens (tertiary/aromatic N) is 1. The second-order valence-corrected chi connectivity index (χ2v) is 4.93. The molecule has 1 N–H and O–H groups in total. The Bertz CT molecular complexity index is 265. The minimum Gasteiger partial charge on any atom is -0.495 e. The van der Waals surface area contributed by atoms with Crippen LogP contribution in [0.5, 0.6) is 0 Å². The van der Waals surface area contributed by atoms with Crippen LogP contribution in [0.15, 0.2) is 11.8 Å². The molecule has 1 unspecified atom stereocenters. The molecule has 0 amide bonds. The molecule has 0 spiro atoms. The molecule has 1 saturated heterocycles. The van der Waals surface area contributed by atoms with Gasteiger partial charge in [-0.3, -0.25) is 0 Å². The number of rotatable bonds is 3. The third-order valence-corrected chi connectivity index (χ3v) is 3.61. The van der Waals surface area contributed by atoms with E-state index in [1.807, 2.05) is 0 Å². The van der Waals surface area contributed by atoms with E-state index in [2.05, 4.69) is 17.9 Å². The van der Waals surface area contributed by atoms with Gasteiger partial charge in [-0.1, -0.05) is 6.92 Å². The van der Waals surface area contributed by atoms with Crippen LogP contribution in [0, 0.1) is 0 Å². The Morgan fingerprint density at radius 1 is 1.44 bits per heavy atom. The van der Waals surface area contributed by atoms with Crippen molar-refractivity contribution in [3.05, 3.63) is 11.8 Å². The molecule has 0 saturated carbocycles. The lowest BCUT2D eigenvalue weighted by molar-refractivity contribution is 0.00749. The van der Waals surface area contributed by atoms with Crippen LogP contribution in [0.25, 0.3) is 0 Å². The lowest BCUT2D eigenvalue weighted by Gasteiger charge is -2.27. The zero-order chi connectivity index (χ0) is 11.4. The summed E-state index contributed by atoms with van der Waals surface area (Å²) in [6.07, 6.45) is 6.94. The highest BCUT2D eigenvalue weighted by molar-refractivity contribution is 5.13. The Hall–Kier alpha value is -0.540. The molecule has 2 aliphatic heterocycles. The van der Waals surface area contributed by atoms with Crippen molar-refractivity contribution < 1.29 is 9.84 Å². The Kier molecular flexibility index (Phi) is 3.87. The summed E-state index contributed by atoms with van der Waals surface area (Å²) in [5.74, 6) is 0.839. The smallest absolute Gasteiger partial charge is 0.124 e. The summed E-state index contributed by atoms with van der Waals surface area (Å²) >= 11 is 0. The first-order valence-corrected chi connectivity index (χ1v) is 6.53. The van der Waals surface area contributed by atoms with E-state index in [0.29, 0.717) is 0 Å². The fourth-order valence-corrected chi connectivity index (χ4v) is 2.70. The second-order valence-electron chi connectivity index (χ2n) is 4.93. The van der Waals surface area contributed by atoms with Crippen molar-refractivity contribution >= 4 is 0 Å². The first kappa shape index (κ1) is 11.9. The van der Waals surface area contributed by atoms with Gasteiger partial charge < -0.3 is 14.7 Å². The summed E-state index contributed by atoms with van der Waals surface area (Å²) in [7, 11) is 0. The summed E-state index contributed by atoms with van der Waals surface area (Å²) < 4.78 is 5.54. The van der Waals surface area contributed by atoms with Crippen LogP contribution < -0.4 is 0 Å². The molecule has 0 aliphatic carbocycles. The predicted octanol–water partition coefficient (Wildman–Crippen LogP) is 1.92. The molecular formula is C13H23NO2. The maximum absolute atomic E-state index is 10.6. The quantitative estimate of drug-likeness (QED) is 0.796. The molecule has 2 aliphatic rings. The van der Waals surface area contributed by atoms with Gasteiger partial charge in [0.05, 0.1) is 6.61 Å². The summed E-state index contributed by atoms with van der Waals surface area (Å²) in [5, 5.41) is 10.6. The molecule has 1 fully saturated rings. The van der Waals surface area contributed by atoms with Gasteiger partial charge in [0.15, 0.2) is 0 Å². The summed E-state index contributed by atoms with van der Waals surface area (Å²) in [6, 6.07) is 0. The zero-order valence-corrected chi connectivity index (χ0v) is 10.2. The lowest BCUT2D eigenvalue weighted by atomic mass is 9.92. The van der Waals surface area contributed by atoms with Crippen LogP contribution in [0.1, 0.15) is 39.0 Å². The monoisotopic (exact) mass is 225 g/mol. The van der Waals surface area contributed by atoms with Crippen molar-refractivity contribution in [1.29, 1.82) is 0 Å². The summed E-state index contributed by atoms with van der Waals surface area (Å²) in [4.78, 5) is 2.45. The van der Waals surface area contributed by atoms with Crippen LogP contribution in [0.4, 0.5) is 0 Å². The predicted molar refractivity (Wildman–Crippen MR) is 64.2 cm³/mol. The minimum atomic E-state index is -0.682. The van der Waals surface area contributed by atoms with Crippen molar-refractivity contribution in [3.63, 3.8) is 0 Å². The fourth-order valence-electron chi connectivity index (χ4n) is 2.70. The van der Waals surface area contributed by atoms with Crippen molar-refractivity contribution in [1.82, 2.24) is 4.90 Å². The lowest BCUT2D eigenvalue weighted by Crippen LogP contribution is -2.33. The number of likely N-dealkylation sites (tertiary alicyclic amines) is 1. The zero-order valence-electron chi connectivity index (χ0n) is 10.2. The van der Waals surface area contributed by atoms with Crippen LogP contribution in [0.2, 0.25) is 0 Å². The van der Waals surface area contributed by atoms with Crippen LogP contribution in [-0.4, -0.2) is 41.8 Å². The molecule has 2 heterocycles. The van der Waals surface area contributed by atoms with E-state index < -0.39 is 5.60 Å². The molecule has 0 aromatic carbocycles. The highest BCUT2D eigenvalue weighted by atomic mass is 16.5. The van der Waals surface area contributed by atoms with Crippen molar-refractivity contribution in [2.75, 3.05) is 26.2 Å². The van der Waals surface area contributed by atoms with Gasteiger partial charge in [-0.15, -0.1) is 0 Å². The number of ether oxygens (including phenoxy) is 1. The topological polar surface area (TPSA) is 32.7 Å². The van der Waals surface area contributed by atoms with Gasteiger partial charge in [-0.2, -0.15) is 0 Å². The van der Waals surface area contributed by atoms with E-state index in [4.69, 9.17) is 4.74 Å². The van der Waals surface area contributed by atoms with Crippen molar-refractivity contribution in [2.24, 2.45) is 0 Å². The number of aliphatic hydroxyl groups is 1. The van der Waals surface area contributed by atoms with Crippen LogP contribution in [-0.2, 0) is 4.74 Å². The van der Waals surface area contributed by atoms with Crippen LogP contribution in [0.3, 0.4) is 0 Å². The standard InChI is InChI=1S/C13H23NO2/c1-2-8-14-9-4-6-13(15,7-10-14)12-5-3-11-16-12/h5,15H,2-4,6-11H2,1H3. The van der Waals surface area contributed by atoms with E-state index >= 15 is 0 Å². The van der Waals surface area contributed by atoms with Gasteiger partial charge in [0.2, 0.25) is 0 Å². The SMILES string of the molecule is CCCN1CCCC(O)(C2=CCCO2)CC1. The Morgan fingerprint density at radius 2 is 2.31 bits per heavy atom. The molecule has 3 heteroatoms. The third-order valence-electron chi connectivity index (χ3n) is 3.61. The van der Waals surface area contributed by atoms with E-state index in [-0.39, 0.29) is 0 Å². The maximum Gasteiger partial charge on any atom is 0.124 e. The van der Waals surface area contributed by atoms with Crippen molar-refractivity contribution in [2.45, 2.75) is 44.6 Å². The molecule has 92 valence electrons. The summed E-state index contributed by atoms with van der Waals surface area (Å²) in [5.41, 5.74) is -0.682. The first-order chi connectivity index (χ1) is 7.74.